The van der Waals surface area contributed by atoms with Crippen LogP contribution in [0.4, 0.5) is 0 Å². The van der Waals surface area contributed by atoms with E-state index in [2.05, 4.69) is 133 Å². The zero-order valence-corrected chi connectivity index (χ0v) is 22.2. The molecule has 1 aliphatic rings. The van der Waals surface area contributed by atoms with Gasteiger partial charge in [0.15, 0.2) is 0 Å². The second kappa shape index (κ2) is 7.34. The Hall–Kier alpha value is -3.88. The fraction of sp³-hybridized carbons (Fsp3) is 0.0857. The van der Waals surface area contributed by atoms with E-state index in [-0.39, 0.29) is 5.41 Å². The molecule has 37 heavy (non-hydrogen) atoms. The van der Waals surface area contributed by atoms with Crippen molar-refractivity contribution in [3.8, 4) is 22.3 Å². The number of hydrogen-bond acceptors (Lipinski definition) is 1. The van der Waals surface area contributed by atoms with Gasteiger partial charge >= 0.3 is 0 Å². The van der Waals surface area contributed by atoms with Gasteiger partial charge in [-0.2, -0.15) is 0 Å². The monoisotopic (exact) mass is 538 g/mol. The molecule has 0 fully saturated rings. The number of hydrogen-bond donors (Lipinski definition) is 0. The number of rotatable bonds is 1. The summed E-state index contributed by atoms with van der Waals surface area (Å²) in [5.74, 6) is 0. The molecule has 0 bridgehead atoms. The van der Waals surface area contributed by atoms with E-state index in [1.165, 1.54) is 60.3 Å². The van der Waals surface area contributed by atoms with E-state index in [4.69, 9.17) is 4.42 Å². The minimum absolute atomic E-state index is 0.0422. The molecule has 6 aromatic carbocycles. The van der Waals surface area contributed by atoms with Crippen molar-refractivity contribution < 1.29 is 4.42 Å². The predicted molar refractivity (Wildman–Crippen MR) is 159 cm³/mol. The van der Waals surface area contributed by atoms with Crippen LogP contribution >= 0.6 is 15.9 Å². The smallest absolute Gasteiger partial charge is 0.135 e. The Bertz CT molecular complexity index is 2020. The molecule has 0 atom stereocenters. The maximum absolute atomic E-state index is 6.45. The quantitative estimate of drug-likeness (QED) is 0.189. The van der Waals surface area contributed by atoms with Gasteiger partial charge in [-0.3, -0.25) is 0 Å². The van der Waals surface area contributed by atoms with E-state index in [1.807, 2.05) is 0 Å². The van der Waals surface area contributed by atoms with E-state index in [1.54, 1.807) is 0 Å². The van der Waals surface area contributed by atoms with Crippen LogP contribution in [-0.4, -0.2) is 0 Å². The van der Waals surface area contributed by atoms with Gasteiger partial charge in [-0.05, 0) is 95.1 Å². The number of furan rings is 1. The summed E-state index contributed by atoms with van der Waals surface area (Å²) >= 11 is 3.89. The first-order chi connectivity index (χ1) is 18.0. The highest BCUT2D eigenvalue weighted by Crippen LogP contribution is 2.51. The van der Waals surface area contributed by atoms with Crippen LogP contribution in [0.15, 0.2) is 112 Å². The molecule has 0 amide bonds. The van der Waals surface area contributed by atoms with Gasteiger partial charge in [0.2, 0.25) is 0 Å². The Kier molecular flexibility index (Phi) is 4.21. The van der Waals surface area contributed by atoms with E-state index >= 15 is 0 Å². The van der Waals surface area contributed by atoms with Gasteiger partial charge in [0, 0.05) is 20.7 Å². The SMILES string of the molecule is CC1(C)c2ccccc2-c2cc3c(cc21)oc1ccc(-c2c4ccccc4c(Br)c4ccccc24)cc13. The highest BCUT2D eigenvalue weighted by atomic mass is 79.9. The molecule has 1 aliphatic carbocycles. The van der Waals surface area contributed by atoms with Gasteiger partial charge in [-0.25, -0.2) is 0 Å². The van der Waals surface area contributed by atoms with Crippen LogP contribution in [0.1, 0.15) is 25.0 Å². The van der Waals surface area contributed by atoms with Crippen LogP contribution in [0.25, 0.3) is 65.7 Å². The lowest BCUT2D eigenvalue weighted by Gasteiger charge is -2.21. The van der Waals surface area contributed by atoms with Crippen LogP contribution < -0.4 is 0 Å². The van der Waals surface area contributed by atoms with Crippen molar-refractivity contribution in [1.29, 1.82) is 0 Å². The molecule has 1 nitrogen and oxygen atoms in total. The largest absolute Gasteiger partial charge is 0.456 e. The first-order valence-electron chi connectivity index (χ1n) is 12.7. The van der Waals surface area contributed by atoms with Gasteiger partial charge in [-0.15, -0.1) is 0 Å². The van der Waals surface area contributed by atoms with Crippen molar-refractivity contribution in [3.63, 3.8) is 0 Å². The molecule has 0 aliphatic heterocycles. The van der Waals surface area contributed by atoms with Gasteiger partial charge in [0.05, 0.1) is 0 Å². The Labute approximate surface area is 223 Å². The van der Waals surface area contributed by atoms with Crippen LogP contribution in [0.5, 0.6) is 0 Å². The molecular formula is C35H23BrO. The van der Waals surface area contributed by atoms with Crippen molar-refractivity contribution >= 4 is 59.4 Å². The third-order valence-electron chi connectivity index (χ3n) is 8.33. The highest BCUT2D eigenvalue weighted by molar-refractivity contribution is 9.10. The predicted octanol–water partition coefficient (Wildman–Crippen LogP) is 10.6. The Morgan fingerprint density at radius 2 is 1.16 bits per heavy atom. The number of halogens is 1. The van der Waals surface area contributed by atoms with E-state index in [9.17, 15) is 0 Å². The van der Waals surface area contributed by atoms with E-state index in [0.29, 0.717) is 0 Å². The summed E-state index contributed by atoms with van der Waals surface area (Å²) in [6.07, 6.45) is 0. The summed E-state index contributed by atoms with van der Waals surface area (Å²) in [4.78, 5) is 0. The molecule has 0 radical (unpaired) electrons. The van der Waals surface area contributed by atoms with Crippen molar-refractivity contribution in [2.45, 2.75) is 19.3 Å². The Balaban J connectivity index is 1.45. The van der Waals surface area contributed by atoms with Crippen LogP contribution in [0.2, 0.25) is 0 Å². The van der Waals surface area contributed by atoms with Crippen molar-refractivity contribution in [2.75, 3.05) is 0 Å². The Morgan fingerprint density at radius 1 is 0.541 bits per heavy atom. The maximum Gasteiger partial charge on any atom is 0.135 e. The molecule has 1 aromatic heterocycles. The molecule has 2 heteroatoms. The molecule has 0 saturated heterocycles. The molecule has 0 N–H and O–H groups in total. The summed E-state index contributed by atoms with van der Waals surface area (Å²) in [7, 11) is 0. The number of fused-ring (bicyclic) bond motifs is 8. The average Bonchev–Trinajstić information content (AvgIpc) is 3.39. The van der Waals surface area contributed by atoms with Crippen molar-refractivity contribution in [1.82, 2.24) is 0 Å². The molecule has 8 rings (SSSR count). The third kappa shape index (κ3) is 2.79. The molecule has 0 spiro atoms. The van der Waals surface area contributed by atoms with Crippen LogP contribution in [0, 0.1) is 0 Å². The molecule has 7 aromatic rings. The second-order valence-electron chi connectivity index (χ2n) is 10.7. The van der Waals surface area contributed by atoms with E-state index < -0.39 is 0 Å². The minimum atomic E-state index is -0.0422. The summed E-state index contributed by atoms with van der Waals surface area (Å²) in [5.41, 5.74) is 9.69. The standard InChI is InChI=1S/C35H23BrO/c1-35(2)29-14-8-7-9-21(29)26-18-28-27-17-20(15-16-31(27)37-32(28)19-30(26)35)33-22-10-3-5-12-24(22)34(36)25-13-6-4-11-23(25)33/h3-19H,1-2H3. The highest BCUT2D eigenvalue weighted by Gasteiger charge is 2.36. The average molecular weight is 539 g/mol. The minimum Gasteiger partial charge on any atom is -0.456 e. The fourth-order valence-corrected chi connectivity index (χ4v) is 7.20. The lowest BCUT2D eigenvalue weighted by atomic mass is 9.82. The zero-order valence-electron chi connectivity index (χ0n) is 20.6. The topological polar surface area (TPSA) is 13.1 Å². The summed E-state index contributed by atoms with van der Waals surface area (Å²) in [6.45, 7) is 4.63. The maximum atomic E-state index is 6.45. The molecular weight excluding hydrogens is 516 g/mol. The zero-order chi connectivity index (χ0) is 24.9. The summed E-state index contributed by atoms with van der Waals surface area (Å²) in [5, 5.41) is 7.28. The van der Waals surface area contributed by atoms with Crippen molar-refractivity contribution in [2.24, 2.45) is 0 Å². The first kappa shape index (κ1) is 21.2. The summed E-state index contributed by atoms with van der Waals surface area (Å²) < 4.78 is 7.59. The lowest BCUT2D eigenvalue weighted by Crippen LogP contribution is -2.14. The van der Waals surface area contributed by atoms with Crippen molar-refractivity contribution in [3.05, 3.63) is 119 Å². The molecule has 1 heterocycles. The van der Waals surface area contributed by atoms with Gasteiger partial charge < -0.3 is 4.42 Å². The van der Waals surface area contributed by atoms with Gasteiger partial charge in [0.1, 0.15) is 11.2 Å². The summed E-state index contributed by atoms with van der Waals surface area (Å²) in [6, 6.07) is 37.4. The molecule has 176 valence electrons. The van der Waals surface area contributed by atoms with Crippen LogP contribution in [-0.2, 0) is 5.41 Å². The number of benzene rings is 6. The fourth-order valence-electron chi connectivity index (χ4n) is 6.51. The van der Waals surface area contributed by atoms with E-state index in [0.717, 1.165) is 21.0 Å². The first-order valence-corrected chi connectivity index (χ1v) is 13.5. The lowest BCUT2D eigenvalue weighted by molar-refractivity contribution is 0.647. The Morgan fingerprint density at radius 3 is 1.89 bits per heavy atom. The van der Waals surface area contributed by atoms with Gasteiger partial charge in [-0.1, -0.05) is 92.7 Å². The van der Waals surface area contributed by atoms with Gasteiger partial charge in [0.25, 0.3) is 0 Å². The normalized spacial score (nSPS) is 14.0. The molecule has 0 unspecified atom stereocenters. The second-order valence-corrected chi connectivity index (χ2v) is 11.5. The van der Waals surface area contributed by atoms with Crippen LogP contribution in [0.3, 0.4) is 0 Å². The molecule has 0 saturated carbocycles. The third-order valence-corrected chi connectivity index (χ3v) is 9.18.